The number of nitrogens with zero attached hydrogens (tertiary/aromatic N) is 1. The Bertz CT molecular complexity index is 803. The average molecular weight is 322 g/mol. The molecule has 2 aromatic rings. The van der Waals surface area contributed by atoms with Gasteiger partial charge in [-0.2, -0.15) is 0 Å². The SMILES string of the molecule is Cc1cc(C)c(NC2CC(=O)N(c3ccccc3C)C2=O)c(C)c1. The molecule has 1 N–H and O–H groups in total. The van der Waals surface area contributed by atoms with E-state index in [9.17, 15) is 9.59 Å². The molecule has 0 aromatic heterocycles. The molecule has 1 fully saturated rings. The summed E-state index contributed by atoms with van der Waals surface area (Å²) in [6, 6.07) is 11.1. The predicted molar refractivity (Wildman–Crippen MR) is 96.4 cm³/mol. The van der Waals surface area contributed by atoms with E-state index in [1.54, 1.807) is 0 Å². The van der Waals surface area contributed by atoms with Gasteiger partial charge in [-0.15, -0.1) is 0 Å². The number of imide groups is 1. The molecule has 0 bridgehead atoms. The maximum absolute atomic E-state index is 12.8. The molecule has 0 aliphatic carbocycles. The molecule has 0 radical (unpaired) electrons. The minimum absolute atomic E-state index is 0.158. The van der Waals surface area contributed by atoms with Gasteiger partial charge in [-0.3, -0.25) is 9.59 Å². The van der Waals surface area contributed by atoms with E-state index in [2.05, 4.69) is 17.4 Å². The summed E-state index contributed by atoms with van der Waals surface area (Å²) in [5.41, 5.74) is 5.89. The Morgan fingerprint density at radius 1 is 0.958 bits per heavy atom. The lowest BCUT2D eigenvalue weighted by Crippen LogP contribution is -2.35. The Balaban J connectivity index is 1.89. The number of anilines is 2. The van der Waals surface area contributed by atoms with Crippen molar-refractivity contribution < 1.29 is 9.59 Å². The van der Waals surface area contributed by atoms with Crippen LogP contribution in [-0.4, -0.2) is 17.9 Å². The van der Waals surface area contributed by atoms with Crippen LogP contribution in [0.15, 0.2) is 36.4 Å². The van der Waals surface area contributed by atoms with Crippen molar-refractivity contribution >= 4 is 23.2 Å². The maximum atomic E-state index is 12.8. The summed E-state index contributed by atoms with van der Waals surface area (Å²) in [6.45, 7) is 7.99. The summed E-state index contributed by atoms with van der Waals surface area (Å²) in [5, 5.41) is 3.29. The van der Waals surface area contributed by atoms with Crippen molar-refractivity contribution in [1.29, 1.82) is 0 Å². The number of hydrogen-bond donors (Lipinski definition) is 1. The molecule has 1 atom stereocenters. The molecule has 1 aliphatic rings. The van der Waals surface area contributed by atoms with Gasteiger partial charge in [0.25, 0.3) is 5.91 Å². The lowest BCUT2D eigenvalue weighted by molar-refractivity contribution is -0.121. The third-order valence-electron chi connectivity index (χ3n) is 4.50. The molecule has 124 valence electrons. The van der Waals surface area contributed by atoms with Crippen LogP contribution in [0.25, 0.3) is 0 Å². The smallest absolute Gasteiger partial charge is 0.256 e. The number of aryl methyl sites for hydroxylation is 4. The van der Waals surface area contributed by atoms with Gasteiger partial charge < -0.3 is 5.32 Å². The fourth-order valence-electron chi connectivity index (χ4n) is 3.39. The lowest BCUT2D eigenvalue weighted by Gasteiger charge is -2.20. The Morgan fingerprint density at radius 2 is 1.58 bits per heavy atom. The molecule has 1 aliphatic heterocycles. The summed E-state index contributed by atoms with van der Waals surface area (Å²) >= 11 is 0. The molecule has 3 rings (SSSR count). The van der Waals surface area contributed by atoms with Crippen LogP contribution >= 0.6 is 0 Å². The first-order chi connectivity index (χ1) is 11.4. The minimum Gasteiger partial charge on any atom is -0.373 e. The van der Waals surface area contributed by atoms with Crippen molar-refractivity contribution in [3.63, 3.8) is 0 Å². The van der Waals surface area contributed by atoms with E-state index in [4.69, 9.17) is 0 Å². The van der Waals surface area contributed by atoms with Gasteiger partial charge in [0, 0.05) is 5.69 Å². The monoisotopic (exact) mass is 322 g/mol. The fourth-order valence-corrected chi connectivity index (χ4v) is 3.39. The molecule has 24 heavy (non-hydrogen) atoms. The number of benzene rings is 2. The number of hydrogen-bond acceptors (Lipinski definition) is 3. The van der Waals surface area contributed by atoms with E-state index >= 15 is 0 Å². The minimum atomic E-state index is -0.516. The average Bonchev–Trinajstić information content (AvgIpc) is 2.78. The zero-order valence-electron chi connectivity index (χ0n) is 14.5. The third kappa shape index (κ3) is 2.80. The predicted octanol–water partition coefficient (Wildman–Crippen LogP) is 3.66. The number of carbonyl (C=O) groups is 2. The summed E-state index contributed by atoms with van der Waals surface area (Å²) in [7, 11) is 0. The molecule has 1 heterocycles. The normalized spacial score (nSPS) is 17.5. The largest absolute Gasteiger partial charge is 0.373 e. The highest BCUT2D eigenvalue weighted by Crippen LogP contribution is 2.29. The van der Waals surface area contributed by atoms with Crippen LogP contribution in [-0.2, 0) is 9.59 Å². The summed E-state index contributed by atoms with van der Waals surface area (Å²) < 4.78 is 0. The van der Waals surface area contributed by atoms with Crippen molar-refractivity contribution in [3.05, 3.63) is 58.7 Å². The van der Waals surface area contributed by atoms with E-state index in [0.29, 0.717) is 5.69 Å². The maximum Gasteiger partial charge on any atom is 0.256 e. The van der Waals surface area contributed by atoms with E-state index < -0.39 is 6.04 Å². The molecule has 1 saturated heterocycles. The second-order valence-corrected chi connectivity index (χ2v) is 6.53. The summed E-state index contributed by atoms with van der Waals surface area (Å²) in [4.78, 5) is 26.5. The molecule has 0 spiro atoms. The highest BCUT2D eigenvalue weighted by atomic mass is 16.2. The van der Waals surface area contributed by atoms with E-state index in [0.717, 1.165) is 22.4 Å². The Labute approximate surface area is 142 Å². The van der Waals surface area contributed by atoms with E-state index in [-0.39, 0.29) is 18.2 Å². The molecular weight excluding hydrogens is 300 g/mol. The van der Waals surface area contributed by atoms with Crippen molar-refractivity contribution in [3.8, 4) is 0 Å². The molecule has 4 heteroatoms. The van der Waals surface area contributed by atoms with Gasteiger partial charge in [-0.05, 0) is 50.5 Å². The van der Waals surface area contributed by atoms with Crippen LogP contribution in [0.4, 0.5) is 11.4 Å². The number of carbonyl (C=O) groups excluding carboxylic acids is 2. The number of rotatable bonds is 3. The zero-order chi connectivity index (χ0) is 17.4. The van der Waals surface area contributed by atoms with Gasteiger partial charge in [0.1, 0.15) is 6.04 Å². The molecule has 1 unspecified atom stereocenters. The second kappa shape index (κ2) is 6.11. The lowest BCUT2D eigenvalue weighted by atomic mass is 10.0. The number of amides is 2. The van der Waals surface area contributed by atoms with Gasteiger partial charge in [-0.1, -0.05) is 35.9 Å². The number of nitrogens with one attached hydrogen (secondary N) is 1. The highest BCUT2D eigenvalue weighted by Gasteiger charge is 2.40. The van der Waals surface area contributed by atoms with Crippen molar-refractivity contribution in [2.45, 2.75) is 40.2 Å². The molecule has 0 saturated carbocycles. The van der Waals surface area contributed by atoms with Gasteiger partial charge >= 0.3 is 0 Å². The zero-order valence-corrected chi connectivity index (χ0v) is 14.5. The van der Waals surface area contributed by atoms with Crippen molar-refractivity contribution in [1.82, 2.24) is 0 Å². The summed E-state index contributed by atoms with van der Waals surface area (Å²) in [5.74, 6) is -0.345. The fraction of sp³-hybridized carbons (Fsp3) is 0.300. The first-order valence-corrected chi connectivity index (χ1v) is 8.15. The van der Waals surface area contributed by atoms with Crippen molar-refractivity contribution in [2.75, 3.05) is 10.2 Å². The van der Waals surface area contributed by atoms with E-state index in [1.165, 1.54) is 10.5 Å². The van der Waals surface area contributed by atoms with Gasteiger partial charge in [0.05, 0.1) is 12.1 Å². The molecule has 2 amide bonds. The van der Waals surface area contributed by atoms with Crippen LogP contribution in [0.5, 0.6) is 0 Å². The Hall–Kier alpha value is -2.62. The van der Waals surface area contributed by atoms with Crippen LogP contribution in [0.3, 0.4) is 0 Å². The van der Waals surface area contributed by atoms with Gasteiger partial charge in [-0.25, -0.2) is 4.90 Å². The quantitative estimate of drug-likeness (QED) is 0.877. The third-order valence-corrected chi connectivity index (χ3v) is 4.50. The van der Waals surface area contributed by atoms with Gasteiger partial charge in [0.2, 0.25) is 5.91 Å². The van der Waals surface area contributed by atoms with Crippen molar-refractivity contribution in [2.24, 2.45) is 0 Å². The number of para-hydroxylation sites is 1. The Kier molecular flexibility index (Phi) is 4.14. The molecular formula is C20H22N2O2. The standard InChI is InChI=1S/C20H22N2O2/c1-12-9-14(3)19(15(4)10-12)21-16-11-18(23)22(20(16)24)17-8-6-5-7-13(17)2/h5-10,16,21H,11H2,1-4H3. The highest BCUT2D eigenvalue weighted by molar-refractivity contribution is 6.23. The first-order valence-electron chi connectivity index (χ1n) is 8.15. The van der Waals surface area contributed by atoms with Crippen LogP contribution < -0.4 is 10.2 Å². The molecule has 4 nitrogen and oxygen atoms in total. The topological polar surface area (TPSA) is 49.4 Å². The van der Waals surface area contributed by atoms with Crippen LogP contribution in [0, 0.1) is 27.7 Å². The Morgan fingerprint density at radius 3 is 2.21 bits per heavy atom. The van der Waals surface area contributed by atoms with Gasteiger partial charge in [0.15, 0.2) is 0 Å². The van der Waals surface area contributed by atoms with Crippen LogP contribution in [0.1, 0.15) is 28.7 Å². The first kappa shape index (κ1) is 16.2. The van der Waals surface area contributed by atoms with Crippen LogP contribution in [0.2, 0.25) is 0 Å². The molecule has 2 aromatic carbocycles. The second-order valence-electron chi connectivity index (χ2n) is 6.53. The summed E-state index contributed by atoms with van der Waals surface area (Å²) in [6.07, 6.45) is 0.180. The van der Waals surface area contributed by atoms with E-state index in [1.807, 2.05) is 52.0 Å².